The van der Waals surface area contributed by atoms with Crippen molar-refractivity contribution in [3.05, 3.63) is 71.8 Å². The minimum absolute atomic E-state index is 0.0830. The van der Waals surface area contributed by atoms with Crippen LogP contribution in [0.4, 0.5) is 0 Å². The molecule has 27 heavy (non-hydrogen) atoms. The molecule has 1 aliphatic heterocycles. The van der Waals surface area contributed by atoms with Gasteiger partial charge in [-0.2, -0.15) is 0 Å². The van der Waals surface area contributed by atoms with Crippen molar-refractivity contribution < 1.29 is 14.7 Å². The average molecular weight is 363 g/mol. The fraction of sp³-hybridized carbons (Fsp3) is 0.391. The molecule has 1 aliphatic carbocycles. The molecule has 4 unspecified atom stereocenters. The lowest BCUT2D eigenvalue weighted by Gasteiger charge is -2.42. The Labute approximate surface area is 159 Å². The van der Waals surface area contributed by atoms with Gasteiger partial charge in [-0.3, -0.25) is 14.5 Å². The van der Waals surface area contributed by atoms with Crippen LogP contribution in [0.15, 0.2) is 60.7 Å². The van der Waals surface area contributed by atoms with Crippen molar-refractivity contribution in [2.75, 3.05) is 6.54 Å². The number of carbonyl (C=O) groups excluding carboxylic acids is 1. The van der Waals surface area contributed by atoms with Crippen molar-refractivity contribution in [3.8, 4) is 0 Å². The lowest BCUT2D eigenvalue weighted by atomic mass is 9.58. The van der Waals surface area contributed by atoms with Gasteiger partial charge in [0.2, 0.25) is 0 Å². The van der Waals surface area contributed by atoms with Crippen LogP contribution < -0.4 is 0 Å². The predicted octanol–water partition coefficient (Wildman–Crippen LogP) is 3.72. The van der Waals surface area contributed by atoms with Gasteiger partial charge in [0, 0.05) is 31.5 Å². The van der Waals surface area contributed by atoms with E-state index in [1.807, 2.05) is 55.5 Å². The second-order valence-electron chi connectivity index (χ2n) is 7.92. The smallest absolute Gasteiger partial charge is 0.312 e. The van der Waals surface area contributed by atoms with Crippen LogP contribution in [0.2, 0.25) is 0 Å². The molecule has 0 aromatic heterocycles. The zero-order valence-corrected chi connectivity index (χ0v) is 15.5. The zero-order valence-electron chi connectivity index (χ0n) is 15.5. The van der Waals surface area contributed by atoms with Gasteiger partial charge < -0.3 is 5.11 Å². The summed E-state index contributed by atoms with van der Waals surface area (Å²) < 4.78 is 0. The number of benzene rings is 2. The molecule has 2 aliphatic rings. The van der Waals surface area contributed by atoms with E-state index < -0.39 is 17.3 Å². The number of hydrogen-bond donors (Lipinski definition) is 1. The monoisotopic (exact) mass is 363 g/mol. The fourth-order valence-corrected chi connectivity index (χ4v) is 5.32. The zero-order chi connectivity index (χ0) is 19.0. The van der Waals surface area contributed by atoms with Gasteiger partial charge in [-0.1, -0.05) is 60.7 Å². The number of carbonyl (C=O) groups is 2. The normalized spacial score (nSPS) is 30.9. The summed E-state index contributed by atoms with van der Waals surface area (Å²) in [6, 6.07) is 19.9. The highest BCUT2D eigenvalue weighted by Gasteiger charge is 2.64. The predicted molar refractivity (Wildman–Crippen MR) is 103 cm³/mol. The average Bonchev–Trinajstić information content (AvgIpc) is 2.98. The Bertz CT molecular complexity index is 835. The molecule has 0 amide bonds. The van der Waals surface area contributed by atoms with E-state index in [0.717, 1.165) is 11.1 Å². The molecule has 4 atom stereocenters. The largest absolute Gasteiger partial charge is 0.481 e. The van der Waals surface area contributed by atoms with Crippen LogP contribution in [-0.2, 0) is 16.1 Å². The van der Waals surface area contributed by atoms with E-state index in [-0.39, 0.29) is 17.7 Å². The first-order chi connectivity index (χ1) is 13.0. The summed E-state index contributed by atoms with van der Waals surface area (Å²) in [6.07, 6.45) is 1.07. The highest BCUT2D eigenvalue weighted by molar-refractivity contribution is 5.92. The first-order valence-electron chi connectivity index (χ1n) is 9.63. The molecule has 0 spiro atoms. The van der Waals surface area contributed by atoms with Crippen LogP contribution in [0, 0.1) is 11.3 Å². The van der Waals surface area contributed by atoms with Gasteiger partial charge >= 0.3 is 5.97 Å². The van der Waals surface area contributed by atoms with Gasteiger partial charge in [0.05, 0.1) is 11.3 Å². The van der Waals surface area contributed by atoms with Crippen molar-refractivity contribution >= 4 is 11.8 Å². The third-order valence-corrected chi connectivity index (χ3v) is 6.55. The quantitative estimate of drug-likeness (QED) is 0.899. The molecule has 1 N–H and O–H groups in total. The summed E-state index contributed by atoms with van der Waals surface area (Å²) in [4.78, 5) is 27.7. The maximum atomic E-state index is 12.9. The number of aliphatic carboxylic acids is 1. The molecule has 2 fully saturated rings. The summed E-state index contributed by atoms with van der Waals surface area (Å²) in [6.45, 7) is 3.10. The highest BCUT2D eigenvalue weighted by Crippen LogP contribution is 2.56. The van der Waals surface area contributed by atoms with Gasteiger partial charge in [0.25, 0.3) is 0 Å². The van der Waals surface area contributed by atoms with Crippen LogP contribution in [-0.4, -0.2) is 34.3 Å². The Morgan fingerprint density at radius 3 is 2.37 bits per heavy atom. The lowest BCUT2D eigenvalue weighted by molar-refractivity contribution is -0.158. The molecule has 1 saturated heterocycles. The number of likely N-dealkylation sites (tertiary alicyclic amines) is 1. The van der Waals surface area contributed by atoms with Crippen molar-refractivity contribution in [1.29, 1.82) is 0 Å². The highest BCUT2D eigenvalue weighted by atomic mass is 16.4. The van der Waals surface area contributed by atoms with Crippen LogP contribution in [0.25, 0.3) is 0 Å². The van der Waals surface area contributed by atoms with E-state index in [2.05, 4.69) is 17.0 Å². The molecule has 4 nitrogen and oxygen atoms in total. The molecule has 2 aromatic carbocycles. The second kappa shape index (κ2) is 6.93. The van der Waals surface area contributed by atoms with Crippen LogP contribution >= 0.6 is 0 Å². The van der Waals surface area contributed by atoms with Gasteiger partial charge in [0.15, 0.2) is 0 Å². The molecule has 0 radical (unpaired) electrons. The van der Waals surface area contributed by atoms with Crippen LogP contribution in [0.1, 0.15) is 36.8 Å². The summed E-state index contributed by atoms with van der Waals surface area (Å²) in [5.74, 6) is -1.33. The number of nitrogens with zero attached hydrogens (tertiary/aromatic N) is 1. The Kier molecular flexibility index (Phi) is 4.60. The first kappa shape index (κ1) is 17.9. The molecule has 140 valence electrons. The SMILES string of the molecule is CC1C2C(=O)CCC(c3ccccc3)C2(C(=O)O)CN1Cc1ccccc1. The van der Waals surface area contributed by atoms with Crippen molar-refractivity contribution in [3.63, 3.8) is 0 Å². The lowest BCUT2D eigenvalue weighted by Crippen LogP contribution is -2.50. The van der Waals surface area contributed by atoms with E-state index in [9.17, 15) is 14.7 Å². The summed E-state index contributed by atoms with van der Waals surface area (Å²) in [5.41, 5.74) is 1.13. The maximum absolute atomic E-state index is 12.9. The molecular formula is C23H25NO3. The molecule has 4 rings (SSSR count). The van der Waals surface area contributed by atoms with Crippen molar-refractivity contribution in [2.24, 2.45) is 11.3 Å². The van der Waals surface area contributed by atoms with Crippen molar-refractivity contribution in [2.45, 2.75) is 38.3 Å². The van der Waals surface area contributed by atoms with Gasteiger partial charge in [-0.15, -0.1) is 0 Å². The molecule has 2 aromatic rings. The first-order valence-corrected chi connectivity index (χ1v) is 9.63. The number of ketones is 1. The number of rotatable bonds is 4. The summed E-state index contributed by atoms with van der Waals surface area (Å²) >= 11 is 0. The standard InChI is InChI=1S/C23H25NO3/c1-16-21-20(25)13-12-19(18-10-6-3-7-11-18)23(21,22(26)27)15-24(16)14-17-8-4-2-5-9-17/h2-11,16,19,21H,12-15H2,1H3,(H,26,27). The number of hydrogen-bond acceptors (Lipinski definition) is 3. The second-order valence-corrected chi connectivity index (χ2v) is 7.92. The molecule has 1 heterocycles. The van der Waals surface area contributed by atoms with Gasteiger partial charge in [-0.25, -0.2) is 0 Å². The fourth-order valence-electron chi connectivity index (χ4n) is 5.32. The van der Waals surface area contributed by atoms with Gasteiger partial charge in [-0.05, 0) is 24.5 Å². The van der Waals surface area contributed by atoms with E-state index >= 15 is 0 Å². The Morgan fingerprint density at radius 1 is 1.11 bits per heavy atom. The molecule has 0 bridgehead atoms. The van der Waals surface area contributed by atoms with E-state index in [1.165, 1.54) is 0 Å². The molecule has 1 saturated carbocycles. The molecular weight excluding hydrogens is 338 g/mol. The summed E-state index contributed by atoms with van der Waals surface area (Å²) in [7, 11) is 0. The van der Waals surface area contributed by atoms with E-state index in [4.69, 9.17) is 0 Å². The Hall–Kier alpha value is -2.46. The number of fused-ring (bicyclic) bond motifs is 1. The third kappa shape index (κ3) is 2.88. The Morgan fingerprint density at radius 2 is 1.74 bits per heavy atom. The van der Waals surface area contributed by atoms with E-state index in [0.29, 0.717) is 25.9 Å². The maximum Gasteiger partial charge on any atom is 0.312 e. The minimum Gasteiger partial charge on any atom is -0.481 e. The van der Waals surface area contributed by atoms with Crippen LogP contribution in [0.3, 0.4) is 0 Å². The van der Waals surface area contributed by atoms with Crippen molar-refractivity contribution in [1.82, 2.24) is 4.90 Å². The number of Topliss-reactive ketones (excluding diaryl/α,β-unsaturated/α-hetero) is 1. The summed E-state index contributed by atoms with van der Waals surface area (Å²) in [5, 5.41) is 10.4. The molecule has 4 heteroatoms. The third-order valence-electron chi connectivity index (χ3n) is 6.55. The van der Waals surface area contributed by atoms with E-state index in [1.54, 1.807) is 0 Å². The number of carboxylic acid groups (broad SMARTS) is 1. The van der Waals surface area contributed by atoms with Gasteiger partial charge in [0.1, 0.15) is 5.78 Å². The number of carboxylic acids is 1. The van der Waals surface area contributed by atoms with Crippen LogP contribution in [0.5, 0.6) is 0 Å². The topological polar surface area (TPSA) is 57.6 Å². The Balaban J connectivity index is 1.75. The minimum atomic E-state index is -1.05.